The van der Waals surface area contributed by atoms with Crippen molar-refractivity contribution < 1.29 is 35.1 Å². The highest BCUT2D eigenvalue weighted by molar-refractivity contribution is 8.08. The Kier molecular flexibility index (Phi) is 5.53. The van der Waals surface area contributed by atoms with Crippen molar-refractivity contribution in [3.8, 4) is 0 Å². The summed E-state index contributed by atoms with van der Waals surface area (Å²) in [5, 5.41) is -0.889. The number of benzene rings is 1. The Balaban J connectivity index is 2.52. The molecule has 0 amide bonds. The van der Waals surface area contributed by atoms with Gasteiger partial charge in [-0.3, -0.25) is 0 Å². The molecular formula is C14H15F3N2O4S2. The maximum absolute atomic E-state index is 12.7. The molecule has 6 nitrogen and oxygen atoms in total. The number of alkyl halides is 3. The van der Waals surface area contributed by atoms with Crippen molar-refractivity contribution in [3.05, 3.63) is 35.4 Å². The van der Waals surface area contributed by atoms with E-state index in [2.05, 4.69) is 4.79 Å². The molecule has 0 spiro atoms. The van der Waals surface area contributed by atoms with Gasteiger partial charge >= 0.3 is 11.2 Å². The first kappa shape index (κ1) is 19.8. The van der Waals surface area contributed by atoms with Gasteiger partial charge in [0.1, 0.15) is 0 Å². The molecule has 1 aromatic carbocycles. The summed E-state index contributed by atoms with van der Waals surface area (Å²) < 4.78 is 83.0. The monoisotopic (exact) mass is 396 g/mol. The summed E-state index contributed by atoms with van der Waals surface area (Å²) in [6.07, 6.45) is -2.92. The van der Waals surface area contributed by atoms with Gasteiger partial charge in [-0.2, -0.15) is 18.0 Å². The molecule has 138 valence electrons. The smallest absolute Gasteiger partial charge is 0.360 e. The molecule has 1 fully saturated rings. The molecule has 2 rings (SSSR count). The predicted molar refractivity (Wildman–Crippen MR) is 83.8 cm³/mol. The van der Waals surface area contributed by atoms with E-state index in [9.17, 15) is 35.9 Å². The average molecular weight is 396 g/mol. The van der Waals surface area contributed by atoms with Crippen LogP contribution >= 0.6 is 0 Å². The van der Waals surface area contributed by atoms with Crippen molar-refractivity contribution in [1.82, 2.24) is 0 Å². The van der Waals surface area contributed by atoms with Gasteiger partial charge in [-0.15, -0.1) is 0 Å². The molecule has 1 aliphatic rings. The number of sulfone groups is 1. The minimum atomic E-state index is -4.63. The summed E-state index contributed by atoms with van der Waals surface area (Å²) >= 11 is -2.63. The maximum Gasteiger partial charge on any atom is 0.416 e. The number of halogens is 3. The van der Waals surface area contributed by atoms with Gasteiger partial charge < -0.3 is 10.1 Å². The van der Waals surface area contributed by atoms with Crippen molar-refractivity contribution in [2.24, 2.45) is 0 Å². The van der Waals surface area contributed by atoms with E-state index in [1.165, 1.54) is 0 Å². The molecule has 0 aliphatic heterocycles. The zero-order chi connectivity index (χ0) is 18.9. The summed E-state index contributed by atoms with van der Waals surface area (Å²) in [4.78, 5) is 2.24. The zero-order valence-electron chi connectivity index (χ0n) is 12.9. The van der Waals surface area contributed by atoms with Crippen LogP contribution in [0.1, 0.15) is 37.7 Å². The largest absolute Gasteiger partial charge is 0.416 e. The van der Waals surface area contributed by atoms with Crippen LogP contribution in [0.3, 0.4) is 0 Å². The van der Waals surface area contributed by atoms with E-state index >= 15 is 0 Å². The van der Waals surface area contributed by atoms with Crippen LogP contribution in [0.15, 0.2) is 29.2 Å². The Morgan fingerprint density at radius 3 is 2.08 bits per heavy atom. The van der Waals surface area contributed by atoms with Gasteiger partial charge in [-0.05, 0) is 37.1 Å². The molecule has 1 unspecified atom stereocenters. The Bertz CT molecular complexity index is 823. The molecule has 0 bridgehead atoms. The minimum absolute atomic E-state index is 0.0232. The number of hydrogen-bond acceptors (Lipinski definition) is 3. The summed E-state index contributed by atoms with van der Waals surface area (Å²) in [5.74, 6) is 0. The first-order chi connectivity index (χ1) is 11.6. The fraction of sp³-hybridized carbons (Fsp3) is 0.500. The topological polar surface area (TPSA) is 108 Å². The lowest BCUT2D eigenvalue weighted by atomic mass is 9.89. The average Bonchev–Trinajstić information content (AvgIpc) is 2.55. The molecule has 0 radical (unpaired) electrons. The van der Waals surface area contributed by atoms with Gasteiger partial charge in [0.15, 0.2) is 15.8 Å². The highest BCUT2D eigenvalue weighted by Crippen LogP contribution is 2.37. The van der Waals surface area contributed by atoms with E-state index in [0.717, 1.165) is 18.6 Å². The first-order valence-electron chi connectivity index (χ1n) is 7.31. The molecule has 0 heterocycles. The Morgan fingerprint density at radius 1 is 1.16 bits per heavy atom. The fourth-order valence-corrected chi connectivity index (χ4v) is 5.80. The van der Waals surface area contributed by atoms with Crippen molar-refractivity contribution >= 4 is 26.0 Å². The second-order valence-electron chi connectivity index (χ2n) is 5.73. The van der Waals surface area contributed by atoms with Crippen LogP contribution < -0.4 is 0 Å². The van der Waals surface area contributed by atoms with Gasteiger partial charge in [-0.1, -0.05) is 19.3 Å². The zero-order valence-corrected chi connectivity index (χ0v) is 14.5. The molecule has 1 N–H and O–H groups in total. The molecule has 1 aromatic rings. The number of rotatable bonds is 3. The summed E-state index contributed by atoms with van der Waals surface area (Å²) in [6, 6.07) is 2.65. The van der Waals surface area contributed by atoms with Gasteiger partial charge in [0.05, 0.1) is 10.5 Å². The number of nitrogens with zero attached hydrogens (tertiary/aromatic N) is 2. The van der Waals surface area contributed by atoms with E-state index in [0.29, 0.717) is 25.0 Å². The highest BCUT2D eigenvalue weighted by Gasteiger charge is 2.55. The molecule has 0 aromatic heterocycles. The lowest BCUT2D eigenvalue weighted by Gasteiger charge is -2.29. The van der Waals surface area contributed by atoms with E-state index in [1.807, 2.05) is 0 Å². The molecule has 1 aliphatic carbocycles. The fourth-order valence-electron chi connectivity index (χ4n) is 2.91. The molecule has 1 saturated carbocycles. The summed E-state index contributed by atoms with van der Waals surface area (Å²) in [7, 11) is -4.54. The van der Waals surface area contributed by atoms with Crippen molar-refractivity contribution in [3.63, 3.8) is 0 Å². The third kappa shape index (κ3) is 3.69. The number of hydrogen-bond donors (Lipinski definition) is 1. The SMILES string of the molecule is [N-]=[N+]=C(C1(S(=O)O)CCCCC1)S(=O)(=O)c1ccc(C(F)(F)F)cc1. The molecular weight excluding hydrogens is 381 g/mol. The van der Waals surface area contributed by atoms with E-state index in [-0.39, 0.29) is 12.8 Å². The lowest BCUT2D eigenvalue weighted by molar-refractivity contribution is -0.137. The Morgan fingerprint density at radius 2 is 1.68 bits per heavy atom. The van der Waals surface area contributed by atoms with Crippen LogP contribution in [-0.2, 0) is 27.1 Å². The van der Waals surface area contributed by atoms with Crippen LogP contribution in [0.5, 0.6) is 0 Å². The quantitative estimate of drug-likeness (QED) is 0.278. The molecule has 11 heteroatoms. The van der Waals surface area contributed by atoms with E-state index in [4.69, 9.17) is 0 Å². The third-order valence-corrected chi connectivity index (χ3v) is 7.50. The van der Waals surface area contributed by atoms with E-state index in [1.54, 1.807) is 0 Å². The maximum atomic E-state index is 12.7. The molecule has 1 atom stereocenters. The lowest BCUT2D eigenvalue weighted by Crippen LogP contribution is -2.48. The highest BCUT2D eigenvalue weighted by atomic mass is 32.2. The van der Waals surface area contributed by atoms with Gasteiger partial charge in [0.25, 0.3) is 9.84 Å². The van der Waals surface area contributed by atoms with Gasteiger partial charge in [0, 0.05) is 0 Å². The Labute approximate surface area is 144 Å². The first-order valence-corrected chi connectivity index (χ1v) is 9.90. The second-order valence-corrected chi connectivity index (χ2v) is 8.88. The van der Waals surface area contributed by atoms with Crippen molar-refractivity contribution in [1.29, 1.82) is 0 Å². The minimum Gasteiger partial charge on any atom is -0.360 e. The normalized spacial score (nSPS) is 19.0. The second kappa shape index (κ2) is 6.99. The van der Waals surface area contributed by atoms with Crippen molar-refractivity contribution in [2.45, 2.75) is 47.9 Å². The molecule has 25 heavy (non-hydrogen) atoms. The van der Waals surface area contributed by atoms with Crippen LogP contribution in [0.25, 0.3) is 5.53 Å². The third-order valence-electron chi connectivity index (χ3n) is 4.22. The van der Waals surface area contributed by atoms with E-state index < -0.39 is 47.3 Å². The van der Waals surface area contributed by atoms with Crippen LogP contribution in [-0.4, -0.2) is 31.8 Å². The van der Waals surface area contributed by atoms with Crippen LogP contribution in [0.2, 0.25) is 0 Å². The van der Waals surface area contributed by atoms with Crippen LogP contribution in [0.4, 0.5) is 13.2 Å². The van der Waals surface area contributed by atoms with Crippen molar-refractivity contribution in [2.75, 3.05) is 0 Å². The summed E-state index contributed by atoms with van der Waals surface area (Å²) in [6.45, 7) is 0. The molecule has 0 saturated heterocycles. The predicted octanol–water partition coefficient (Wildman–Crippen LogP) is 3.03. The summed E-state index contributed by atoms with van der Waals surface area (Å²) in [5.41, 5.74) is 8.22. The van der Waals surface area contributed by atoms with Gasteiger partial charge in [-0.25, -0.2) is 12.6 Å². The van der Waals surface area contributed by atoms with Crippen LogP contribution in [0, 0.1) is 0 Å². The van der Waals surface area contributed by atoms with Gasteiger partial charge in [0.2, 0.25) is 0 Å². The standard InChI is InChI=1S/C14H15F3N2O4S2/c15-14(16,17)10-4-6-11(7-5-10)25(22,23)12(19-18)13(24(20)21)8-2-1-3-9-13/h4-7H,1-3,8-9H2,(H,20,21). The Hall–Kier alpha value is -1.55.